The maximum Gasteiger partial charge on any atom is 0.227 e. The highest BCUT2D eigenvalue weighted by Crippen LogP contribution is 2.28. The summed E-state index contributed by atoms with van der Waals surface area (Å²) in [5.41, 5.74) is 0.781. The Kier molecular flexibility index (Phi) is 5.14. The van der Waals surface area contributed by atoms with Crippen molar-refractivity contribution in [1.29, 1.82) is 0 Å². The smallest absolute Gasteiger partial charge is 0.227 e. The molecule has 4 nitrogen and oxygen atoms in total. The van der Waals surface area contributed by atoms with Crippen LogP contribution in [0.25, 0.3) is 0 Å². The van der Waals surface area contributed by atoms with Gasteiger partial charge in [-0.2, -0.15) is 0 Å². The molecule has 2 aromatic carbocycles. The summed E-state index contributed by atoms with van der Waals surface area (Å²) in [5, 5.41) is 2.95. The highest BCUT2D eigenvalue weighted by Gasteiger charge is 2.25. The molecule has 23 heavy (non-hydrogen) atoms. The molecule has 4 heteroatoms. The van der Waals surface area contributed by atoms with Crippen LogP contribution in [0.15, 0.2) is 54.6 Å². The van der Waals surface area contributed by atoms with E-state index in [2.05, 4.69) is 5.32 Å². The number of carbonyl (C=O) groups is 1. The molecule has 0 spiro atoms. The van der Waals surface area contributed by atoms with Gasteiger partial charge in [0.1, 0.15) is 24.7 Å². The highest BCUT2D eigenvalue weighted by molar-refractivity contribution is 5.93. The first-order chi connectivity index (χ1) is 11.3. The number of hydrogen-bond donors (Lipinski definition) is 1. The number of ether oxygens (including phenoxy) is 2. The van der Waals surface area contributed by atoms with Gasteiger partial charge in [-0.1, -0.05) is 30.7 Å². The van der Waals surface area contributed by atoms with Crippen LogP contribution in [0.2, 0.25) is 0 Å². The summed E-state index contributed by atoms with van der Waals surface area (Å²) < 4.78 is 11.3. The summed E-state index contributed by atoms with van der Waals surface area (Å²) >= 11 is 0. The van der Waals surface area contributed by atoms with Crippen molar-refractivity contribution in [2.45, 2.75) is 19.3 Å². The normalized spacial score (nSPS) is 13.9. The molecule has 0 aromatic heterocycles. The largest absolute Gasteiger partial charge is 0.490 e. The van der Waals surface area contributed by atoms with Crippen molar-refractivity contribution in [3.05, 3.63) is 54.6 Å². The molecular weight excluding hydrogens is 290 g/mol. The summed E-state index contributed by atoms with van der Waals surface area (Å²) in [6.45, 7) is 0.928. The zero-order valence-corrected chi connectivity index (χ0v) is 13.0. The number of hydrogen-bond acceptors (Lipinski definition) is 3. The van der Waals surface area contributed by atoms with Crippen LogP contribution in [-0.2, 0) is 4.79 Å². The zero-order valence-electron chi connectivity index (χ0n) is 13.0. The maximum atomic E-state index is 12.0. The highest BCUT2D eigenvalue weighted by atomic mass is 16.5. The van der Waals surface area contributed by atoms with Crippen LogP contribution in [0.4, 0.5) is 5.69 Å². The minimum absolute atomic E-state index is 0.112. The van der Waals surface area contributed by atoms with Crippen LogP contribution in [-0.4, -0.2) is 19.1 Å². The van der Waals surface area contributed by atoms with E-state index in [9.17, 15) is 4.79 Å². The third-order valence-corrected chi connectivity index (χ3v) is 3.94. The first kappa shape index (κ1) is 15.4. The second-order valence-electron chi connectivity index (χ2n) is 5.65. The van der Waals surface area contributed by atoms with E-state index in [-0.39, 0.29) is 11.8 Å². The fourth-order valence-electron chi connectivity index (χ4n) is 2.41. The Labute approximate surface area is 136 Å². The Balaban J connectivity index is 1.44. The van der Waals surface area contributed by atoms with Crippen molar-refractivity contribution in [2.75, 3.05) is 18.5 Å². The fourth-order valence-corrected chi connectivity index (χ4v) is 2.41. The van der Waals surface area contributed by atoms with Gasteiger partial charge in [-0.3, -0.25) is 4.79 Å². The van der Waals surface area contributed by atoms with Gasteiger partial charge < -0.3 is 14.8 Å². The molecule has 1 aliphatic rings. The summed E-state index contributed by atoms with van der Waals surface area (Å²) in [4.78, 5) is 12.0. The van der Waals surface area contributed by atoms with Crippen molar-refractivity contribution in [3.8, 4) is 11.5 Å². The van der Waals surface area contributed by atoms with Gasteiger partial charge >= 0.3 is 0 Å². The second kappa shape index (κ2) is 7.68. The Hall–Kier alpha value is -2.49. The fraction of sp³-hybridized carbons (Fsp3) is 0.316. The van der Waals surface area contributed by atoms with Crippen molar-refractivity contribution in [1.82, 2.24) is 0 Å². The Morgan fingerprint density at radius 3 is 2.35 bits per heavy atom. The molecule has 0 heterocycles. The molecule has 2 aromatic rings. The Morgan fingerprint density at radius 2 is 1.65 bits per heavy atom. The molecule has 1 saturated carbocycles. The predicted molar refractivity (Wildman–Crippen MR) is 89.8 cm³/mol. The molecule has 1 aliphatic carbocycles. The number of anilines is 1. The van der Waals surface area contributed by atoms with E-state index in [4.69, 9.17) is 9.47 Å². The molecule has 120 valence electrons. The van der Waals surface area contributed by atoms with Crippen molar-refractivity contribution in [3.63, 3.8) is 0 Å². The van der Waals surface area contributed by atoms with E-state index in [1.807, 2.05) is 54.6 Å². The SMILES string of the molecule is O=C(Nc1cccc(OCCOc2ccccc2)c1)C1CCC1. The van der Waals surface area contributed by atoms with Gasteiger partial charge in [-0.25, -0.2) is 0 Å². The van der Waals surface area contributed by atoms with Crippen LogP contribution >= 0.6 is 0 Å². The number of carbonyl (C=O) groups excluding carboxylic acids is 1. The van der Waals surface area contributed by atoms with Crippen LogP contribution in [0, 0.1) is 5.92 Å². The van der Waals surface area contributed by atoms with E-state index in [1.165, 1.54) is 0 Å². The summed E-state index contributed by atoms with van der Waals surface area (Å²) in [5.74, 6) is 1.85. The van der Waals surface area contributed by atoms with E-state index in [0.717, 1.165) is 36.4 Å². The molecule has 0 saturated heterocycles. The third-order valence-electron chi connectivity index (χ3n) is 3.94. The molecule has 3 rings (SSSR count). The topological polar surface area (TPSA) is 47.6 Å². The van der Waals surface area contributed by atoms with Gasteiger partial charge in [0.25, 0.3) is 0 Å². The lowest BCUT2D eigenvalue weighted by molar-refractivity contribution is -0.122. The maximum absolute atomic E-state index is 12.0. The van der Waals surface area contributed by atoms with E-state index >= 15 is 0 Å². The van der Waals surface area contributed by atoms with Crippen molar-refractivity contribution < 1.29 is 14.3 Å². The Bertz CT molecular complexity index is 638. The molecule has 0 unspecified atom stereocenters. The minimum Gasteiger partial charge on any atom is -0.490 e. The number of para-hydroxylation sites is 1. The van der Waals surface area contributed by atoms with Crippen LogP contribution in [0.3, 0.4) is 0 Å². The van der Waals surface area contributed by atoms with Crippen LogP contribution < -0.4 is 14.8 Å². The van der Waals surface area contributed by atoms with Crippen LogP contribution in [0.1, 0.15) is 19.3 Å². The van der Waals surface area contributed by atoms with E-state index in [1.54, 1.807) is 0 Å². The molecule has 0 atom stereocenters. The summed E-state index contributed by atoms with van der Waals surface area (Å²) in [7, 11) is 0. The quantitative estimate of drug-likeness (QED) is 0.789. The van der Waals surface area contributed by atoms with Crippen molar-refractivity contribution >= 4 is 11.6 Å². The zero-order chi connectivity index (χ0) is 15.9. The molecular formula is C19H21NO3. The average Bonchev–Trinajstić information content (AvgIpc) is 2.51. The molecule has 0 aliphatic heterocycles. The predicted octanol–water partition coefficient (Wildman–Crippen LogP) is 3.88. The molecule has 0 radical (unpaired) electrons. The standard InChI is InChI=1S/C19H21NO3/c21-19(15-6-4-7-15)20-16-8-5-11-18(14-16)23-13-12-22-17-9-2-1-3-10-17/h1-3,5,8-11,14-15H,4,6-7,12-13H2,(H,20,21). The van der Waals surface area contributed by atoms with Gasteiger partial charge in [0, 0.05) is 17.7 Å². The summed E-state index contributed by atoms with van der Waals surface area (Å²) in [6, 6.07) is 17.1. The van der Waals surface area contributed by atoms with Gasteiger partial charge in [0.05, 0.1) is 0 Å². The second-order valence-corrected chi connectivity index (χ2v) is 5.65. The lowest BCUT2D eigenvalue weighted by Gasteiger charge is -2.24. The summed E-state index contributed by atoms with van der Waals surface area (Å²) in [6.07, 6.45) is 3.15. The minimum atomic E-state index is 0.112. The third kappa shape index (κ3) is 4.49. The molecule has 1 N–H and O–H groups in total. The van der Waals surface area contributed by atoms with E-state index in [0.29, 0.717) is 13.2 Å². The first-order valence-electron chi connectivity index (χ1n) is 8.03. The number of benzene rings is 2. The lowest BCUT2D eigenvalue weighted by atomic mass is 9.85. The molecule has 0 bridgehead atoms. The van der Waals surface area contributed by atoms with Crippen molar-refractivity contribution in [2.24, 2.45) is 5.92 Å². The number of nitrogens with one attached hydrogen (secondary N) is 1. The van der Waals surface area contributed by atoms with Crippen LogP contribution in [0.5, 0.6) is 11.5 Å². The first-order valence-corrected chi connectivity index (χ1v) is 8.03. The average molecular weight is 311 g/mol. The molecule has 1 amide bonds. The van der Waals surface area contributed by atoms with Gasteiger partial charge in [0.15, 0.2) is 0 Å². The van der Waals surface area contributed by atoms with Gasteiger partial charge in [-0.05, 0) is 37.1 Å². The number of rotatable bonds is 7. The molecule has 1 fully saturated rings. The number of amides is 1. The van der Waals surface area contributed by atoms with Gasteiger partial charge in [0.2, 0.25) is 5.91 Å². The monoisotopic (exact) mass is 311 g/mol. The van der Waals surface area contributed by atoms with Gasteiger partial charge in [-0.15, -0.1) is 0 Å². The van der Waals surface area contributed by atoms with E-state index < -0.39 is 0 Å². The lowest BCUT2D eigenvalue weighted by Crippen LogP contribution is -2.28. The Morgan fingerprint density at radius 1 is 0.957 bits per heavy atom.